The molecule has 1 unspecified atom stereocenters. The van der Waals surface area contributed by atoms with E-state index in [2.05, 4.69) is 23.8 Å². The molecule has 2 heterocycles. The maximum atomic E-state index is 5.99. The van der Waals surface area contributed by atoms with Gasteiger partial charge in [0.15, 0.2) is 0 Å². The summed E-state index contributed by atoms with van der Waals surface area (Å²) in [6.07, 6.45) is 5.10. The van der Waals surface area contributed by atoms with Gasteiger partial charge >= 0.3 is 0 Å². The van der Waals surface area contributed by atoms with E-state index in [1.165, 1.54) is 0 Å². The standard InChI is InChI=1S/C11H15N3O/c1-7(2)10(12)11-13-5-9(14-11)8-3-4-15-6-8/h3-7,10H,12H2,1-2H3,(H,13,14). The highest BCUT2D eigenvalue weighted by Crippen LogP contribution is 2.21. The van der Waals surface area contributed by atoms with Gasteiger partial charge in [-0.1, -0.05) is 13.8 Å². The van der Waals surface area contributed by atoms with Crippen LogP contribution in [0.1, 0.15) is 25.7 Å². The first-order valence-electron chi connectivity index (χ1n) is 5.01. The van der Waals surface area contributed by atoms with E-state index in [0.717, 1.165) is 17.1 Å². The number of imidazole rings is 1. The molecule has 15 heavy (non-hydrogen) atoms. The van der Waals surface area contributed by atoms with E-state index < -0.39 is 0 Å². The molecule has 0 spiro atoms. The maximum absolute atomic E-state index is 5.99. The van der Waals surface area contributed by atoms with Crippen LogP contribution in [0.2, 0.25) is 0 Å². The quantitative estimate of drug-likeness (QED) is 0.808. The van der Waals surface area contributed by atoms with Crippen molar-refractivity contribution >= 4 is 0 Å². The van der Waals surface area contributed by atoms with Gasteiger partial charge in [0.05, 0.1) is 30.5 Å². The molecule has 2 aromatic rings. The number of hydrogen-bond donors (Lipinski definition) is 2. The number of aromatic amines is 1. The highest BCUT2D eigenvalue weighted by Gasteiger charge is 2.14. The second-order valence-corrected chi connectivity index (χ2v) is 3.96. The minimum absolute atomic E-state index is 0.0503. The number of rotatable bonds is 3. The van der Waals surface area contributed by atoms with Gasteiger partial charge in [0.1, 0.15) is 5.82 Å². The predicted octanol–water partition coefficient (Wildman–Crippen LogP) is 2.33. The summed E-state index contributed by atoms with van der Waals surface area (Å²) in [7, 11) is 0. The molecular formula is C11H15N3O. The third-order valence-corrected chi connectivity index (χ3v) is 2.46. The molecule has 0 aliphatic rings. The highest BCUT2D eigenvalue weighted by molar-refractivity contribution is 5.56. The number of aromatic nitrogens is 2. The monoisotopic (exact) mass is 205 g/mol. The molecule has 0 saturated heterocycles. The Morgan fingerprint density at radius 2 is 2.27 bits per heavy atom. The lowest BCUT2D eigenvalue weighted by Gasteiger charge is -2.11. The average molecular weight is 205 g/mol. The largest absolute Gasteiger partial charge is 0.472 e. The molecule has 0 aliphatic heterocycles. The summed E-state index contributed by atoms with van der Waals surface area (Å²) in [4.78, 5) is 7.47. The molecule has 0 amide bonds. The summed E-state index contributed by atoms with van der Waals surface area (Å²) in [5, 5.41) is 0. The molecule has 0 saturated carbocycles. The van der Waals surface area contributed by atoms with Gasteiger partial charge in [0, 0.05) is 5.56 Å². The van der Waals surface area contributed by atoms with Crippen molar-refractivity contribution in [2.45, 2.75) is 19.9 Å². The summed E-state index contributed by atoms with van der Waals surface area (Å²) in [5.41, 5.74) is 7.92. The van der Waals surface area contributed by atoms with Gasteiger partial charge in [0.25, 0.3) is 0 Å². The van der Waals surface area contributed by atoms with E-state index in [0.29, 0.717) is 5.92 Å². The molecule has 0 fully saturated rings. The van der Waals surface area contributed by atoms with E-state index >= 15 is 0 Å². The zero-order chi connectivity index (χ0) is 10.8. The Morgan fingerprint density at radius 3 is 2.87 bits per heavy atom. The first kappa shape index (κ1) is 9.98. The smallest absolute Gasteiger partial charge is 0.123 e. The minimum atomic E-state index is -0.0503. The van der Waals surface area contributed by atoms with Crippen LogP contribution in [-0.4, -0.2) is 9.97 Å². The maximum Gasteiger partial charge on any atom is 0.123 e. The topological polar surface area (TPSA) is 67.8 Å². The molecule has 1 atom stereocenters. The van der Waals surface area contributed by atoms with Crippen molar-refractivity contribution in [2.24, 2.45) is 11.7 Å². The van der Waals surface area contributed by atoms with E-state index in [1.54, 1.807) is 18.7 Å². The molecule has 2 aromatic heterocycles. The van der Waals surface area contributed by atoms with E-state index in [9.17, 15) is 0 Å². The van der Waals surface area contributed by atoms with Crippen LogP contribution in [-0.2, 0) is 0 Å². The van der Waals surface area contributed by atoms with Crippen molar-refractivity contribution in [3.05, 3.63) is 30.6 Å². The minimum Gasteiger partial charge on any atom is -0.472 e. The van der Waals surface area contributed by atoms with Crippen molar-refractivity contribution < 1.29 is 4.42 Å². The van der Waals surface area contributed by atoms with Crippen molar-refractivity contribution in [2.75, 3.05) is 0 Å². The first-order valence-corrected chi connectivity index (χ1v) is 5.01. The summed E-state index contributed by atoms with van der Waals surface area (Å²) < 4.78 is 5.01. The molecule has 2 rings (SSSR count). The van der Waals surface area contributed by atoms with Crippen LogP contribution in [0.4, 0.5) is 0 Å². The highest BCUT2D eigenvalue weighted by atomic mass is 16.3. The zero-order valence-corrected chi connectivity index (χ0v) is 8.90. The Bertz CT molecular complexity index is 417. The lowest BCUT2D eigenvalue weighted by Crippen LogP contribution is -2.18. The fourth-order valence-electron chi connectivity index (χ4n) is 1.39. The van der Waals surface area contributed by atoms with Crippen molar-refractivity contribution in [3.8, 4) is 11.3 Å². The summed E-state index contributed by atoms with van der Waals surface area (Å²) in [6.45, 7) is 4.15. The van der Waals surface area contributed by atoms with Gasteiger partial charge in [0.2, 0.25) is 0 Å². The zero-order valence-electron chi connectivity index (χ0n) is 8.90. The van der Waals surface area contributed by atoms with Crippen LogP contribution in [0.25, 0.3) is 11.3 Å². The van der Waals surface area contributed by atoms with Crippen molar-refractivity contribution in [3.63, 3.8) is 0 Å². The van der Waals surface area contributed by atoms with E-state index in [-0.39, 0.29) is 6.04 Å². The van der Waals surface area contributed by atoms with Crippen LogP contribution in [0.15, 0.2) is 29.2 Å². The Kier molecular flexibility index (Phi) is 2.60. The molecule has 0 bridgehead atoms. The average Bonchev–Trinajstić information content (AvgIpc) is 2.86. The van der Waals surface area contributed by atoms with E-state index in [1.807, 2.05) is 6.07 Å². The Labute approximate surface area is 88.5 Å². The number of nitrogens with zero attached hydrogens (tertiary/aromatic N) is 1. The van der Waals surface area contributed by atoms with Gasteiger partial charge in [-0.2, -0.15) is 0 Å². The fourth-order valence-corrected chi connectivity index (χ4v) is 1.39. The molecule has 3 N–H and O–H groups in total. The fraction of sp³-hybridized carbons (Fsp3) is 0.364. The second kappa shape index (κ2) is 3.90. The Morgan fingerprint density at radius 1 is 1.47 bits per heavy atom. The van der Waals surface area contributed by atoms with Crippen molar-refractivity contribution in [1.82, 2.24) is 9.97 Å². The summed E-state index contributed by atoms with van der Waals surface area (Å²) in [6, 6.07) is 1.84. The molecule has 4 heteroatoms. The van der Waals surface area contributed by atoms with Crippen LogP contribution in [0, 0.1) is 5.92 Å². The molecule has 4 nitrogen and oxygen atoms in total. The number of hydrogen-bond acceptors (Lipinski definition) is 3. The third-order valence-electron chi connectivity index (χ3n) is 2.46. The van der Waals surface area contributed by atoms with Crippen LogP contribution in [0.5, 0.6) is 0 Å². The normalized spacial score (nSPS) is 13.3. The molecule has 0 radical (unpaired) electrons. The number of H-pyrrole nitrogens is 1. The molecular weight excluding hydrogens is 190 g/mol. The molecule has 0 aromatic carbocycles. The van der Waals surface area contributed by atoms with Gasteiger partial charge in [-0.3, -0.25) is 0 Å². The van der Waals surface area contributed by atoms with Crippen LogP contribution >= 0.6 is 0 Å². The van der Waals surface area contributed by atoms with Gasteiger partial charge in [-0.05, 0) is 12.0 Å². The lowest BCUT2D eigenvalue weighted by molar-refractivity contribution is 0.494. The Balaban J connectivity index is 2.25. The first-order chi connectivity index (χ1) is 7.18. The summed E-state index contributed by atoms with van der Waals surface area (Å²) >= 11 is 0. The Hall–Kier alpha value is -1.55. The van der Waals surface area contributed by atoms with Gasteiger partial charge < -0.3 is 15.1 Å². The van der Waals surface area contributed by atoms with Crippen molar-refractivity contribution in [1.29, 1.82) is 0 Å². The second-order valence-electron chi connectivity index (χ2n) is 3.96. The summed E-state index contributed by atoms with van der Waals surface area (Å²) in [5.74, 6) is 1.19. The molecule has 0 aliphatic carbocycles. The predicted molar refractivity (Wildman–Crippen MR) is 58.1 cm³/mol. The molecule has 80 valence electrons. The number of nitrogens with two attached hydrogens (primary N) is 1. The van der Waals surface area contributed by atoms with Crippen LogP contribution < -0.4 is 5.73 Å². The SMILES string of the molecule is CC(C)C(N)c1ncc(-c2ccoc2)[nH]1. The number of furan rings is 1. The van der Waals surface area contributed by atoms with Gasteiger partial charge in [-0.15, -0.1) is 0 Å². The number of nitrogens with one attached hydrogen (secondary N) is 1. The van der Waals surface area contributed by atoms with Crippen LogP contribution in [0.3, 0.4) is 0 Å². The lowest BCUT2D eigenvalue weighted by atomic mass is 10.1. The third kappa shape index (κ3) is 1.94. The van der Waals surface area contributed by atoms with Gasteiger partial charge in [-0.25, -0.2) is 4.98 Å². The van der Waals surface area contributed by atoms with E-state index in [4.69, 9.17) is 10.2 Å².